The summed E-state index contributed by atoms with van der Waals surface area (Å²) in [5, 5.41) is 9.69. The van der Waals surface area contributed by atoms with Crippen LogP contribution >= 0.6 is 0 Å². The first-order chi connectivity index (χ1) is 10.2. The van der Waals surface area contributed by atoms with Crippen LogP contribution in [-0.4, -0.2) is 10.8 Å². The topological polar surface area (TPSA) is 44.1 Å². The minimum absolute atomic E-state index is 0.176. The van der Waals surface area contributed by atoms with Crippen molar-refractivity contribution in [1.82, 2.24) is 4.90 Å². The third-order valence-corrected chi connectivity index (χ3v) is 3.83. The summed E-state index contributed by atoms with van der Waals surface area (Å²) in [5.41, 5.74) is 1.39. The molecule has 0 saturated heterocycles. The lowest BCUT2D eigenvalue weighted by atomic mass is 9.85. The van der Waals surface area contributed by atoms with Gasteiger partial charge < -0.3 is 0 Å². The molecule has 0 unspecified atom stereocenters. The van der Waals surface area contributed by atoms with Gasteiger partial charge in [-0.05, 0) is 36.3 Å². The smallest absolute Gasteiger partial charge is 0.259 e. The van der Waals surface area contributed by atoms with Crippen LogP contribution in [0.3, 0.4) is 0 Å². The highest BCUT2D eigenvalue weighted by Crippen LogP contribution is 2.36. The first-order valence-corrected chi connectivity index (χ1v) is 6.74. The van der Waals surface area contributed by atoms with Gasteiger partial charge in [0.25, 0.3) is 5.91 Å². The van der Waals surface area contributed by atoms with Gasteiger partial charge in [0.05, 0.1) is 6.07 Å². The SMILES string of the molecule is C[C@]1(C#N)c2ccccc2C=CN1C(=O)c1ccccc1. The number of rotatable bonds is 1. The molecule has 0 spiro atoms. The lowest BCUT2D eigenvalue weighted by Gasteiger charge is -2.37. The van der Waals surface area contributed by atoms with E-state index < -0.39 is 5.54 Å². The Hall–Kier alpha value is -2.86. The predicted molar refractivity (Wildman–Crippen MR) is 81.1 cm³/mol. The van der Waals surface area contributed by atoms with Crippen molar-refractivity contribution in [2.45, 2.75) is 12.5 Å². The Morgan fingerprint density at radius 2 is 1.76 bits per heavy atom. The molecular weight excluding hydrogens is 260 g/mol. The average molecular weight is 274 g/mol. The van der Waals surface area contributed by atoms with E-state index in [0.29, 0.717) is 5.56 Å². The Morgan fingerprint density at radius 3 is 2.48 bits per heavy atom. The Morgan fingerprint density at radius 1 is 1.10 bits per heavy atom. The van der Waals surface area contributed by atoms with Gasteiger partial charge in [-0.2, -0.15) is 5.26 Å². The Labute approximate surface area is 123 Å². The number of amides is 1. The van der Waals surface area contributed by atoms with E-state index in [1.807, 2.05) is 48.5 Å². The molecule has 1 atom stereocenters. The van der Waals surface area contributed by atoms with Crippen molar-refractivity contribution in [3.05, 3.63) is 77.5 Å². The van der Waals surface area contributed by atoms with E-state index in [-0.39, 0.29) is 5.91 Å². The zero-order valence-electron chi connectivity index (χ0n) is 11.7. The first-order valence-electron chi connectivity index (χ1n) is 6.74. The summed E-state index contributed by atoms with van der Waals surface area (Å²) in [5.74, 6) is -0.176. The van der Waals surface area contributed by atoms with Crippen molar-refractivity contribution in [3.8, 4) is 6.07 Å². The first kappa shape index (κ1) is 13.1. The number of carbonyl (C=O) groups excluding carboxylic acids is 1. The summed E-state index contributed by atoms with van der Waals surface area (Å²) in [6, 6.07) is 19.0. The molecule has 3 heteroatoms. The molecule has 3 rings (SSSR count). The van der Waals surface area contributed by atoms with Gasteiger partial charge in [-0.3, -0.25) is 9.69 Å². The lowest BCUT2D eigenvalue weighted by Crippen LogP contribution is -2.45. The molecule has 1 aliphatic rings. The largest absolute Gasteiger partial charge is 0.292 e. The standard InChI is InChI=1S/C18H14N2O/c1-18(13-19)16-10-6-5-7-14(16)11-12-20(18)17(21)15-8-3-2-4-9-15/h2-12H,1H3/t18-/m0/s1. The number of nitrogens with zero attached hydrogens (tertiary/aromatic N) is 2. The molecule has 0 bridgehead atoms. The Bertz CT molecular complexity index is 758. The summed E-state index contributed by atoms with van der Waals surface area (Å²) in [4.78, 5) is 14.2. The van der Waals surface area contributed by atoms with E-state index in [4.69, 9.17) is 0 Å². The molecule has 1 aliphatic heterocycles. The third-order valence-electron chi connectivity index (χ3n) is 3.83. The van der Waals surface area contributed by atoms with E-state index in [1.54, 1.807) is 25.3 Å². The fraction of sp³-hybridized carbons (Fsp3) is 0.111. The van der Waals surface area contributed by atoms with E-state index in [2.05, 4.69) is 6.07 Å². The third kappa shape index (κ3) is 2.02. The zero-order valence-corrected chi connectivity index (χ0v) is 11.7. The van der Waals surface area contributed by atoms with Crippen molar-refractivity contribution < 1.29 is 4.79 Å². The van der Waals surface area contributed by atoms with Gasteiger partial charge in [0.15, 0.2) is 5.54 Å². The second-order valence-electron chi connectivity index (χ2n) is 5.13. The number of benzene rings is 2. The Balaban J connectivity index is 2.10. The number of hydrogen-bond acceptors (Lipinski definition) is 2. The van der Waals surface area contributed by atoms with Gasteiger partial charge in [0.2, 0.25) is 0 Å². The molecule has 102 valence electrons. The quantitative estimate of drug-likeness (QED) is 0.798. The van der Waals surface area contributed by atoms with Crippen molar-refractivity contribution in [2.24, 2.45) is 0 Å². The number of nitriles is 1. The molecule has 1 heterocycles. The van der Waals surface area contributed by atoms with E-state index in [1.165, 1.54) is 4.90 Å². The van der Waals surface area contributed by atoms with Crippen molar-refractivity contribution in [2.75, 3.05) is 0 Å². The highest BCUT2D eigenvalue weighted by Gasteiger charge is 2.39. The maximum Gasteiger partial charge on any atom is 0.259 e. The average Bonchev–Trinajstić information content (AvgIpc) is 2.55. The van der Waals surface area contributed by atoms with Gasteiger partial charge in [-0.1, -0.05) is 42.5 Å². The van der Waals surface area contributed by atoms with Crippen molar-refractivity contribution >= 4 is 12.0 Å². The lowest BCUT2D eigenvalue weighted by molar-refractivity contribution is 0.0718. The fourth-order valence-electron chi connectivity index (χ4n) is 2.62. The van der Waals surface area contributed by atoms with E-state index >= 15 is 0 Å². The minimum Gasteiger partial charge on any atom is -0.292 e. The molecule has 3 nitrogen and oxygen atoms in total. The summed E-state index contributed by atoms with van der Waals surface area (Å²) in [6.07, 6.45) is 3.57. The van der Waals surface area contributed by atoms with Crippen LogP contribution in [0, 0.1) is 11.3 Å². The molecule has 0 N–H and O–H groups in total. The van der Waals surface area contributed by atoms with Gasteiger partial charge in [0, 0.05) is 11.8 Å². The van der Waals surface area contributed by atoms with Crippen LogP contribution in [0.15, 0.2) is 60.8 Å². The number of carbonyl (C=O) groups is 1. The number of fused-ring (bicyclic) bond motifs is 1. The second-order valence-corrected chi connectivity index (χ2v) is 5.13. The Kier molecular flexibility index (Phi) is 3.08. The van der Waals surface area contributed by atoms with Gasteiger partial charge in [-0.15, -0.1) is 0 Å². The summed E-state index contributed by atoms with van der Waals surface area (Å²) in [7, 11) is 0. The minimum atomic E-state index is -1.00. The monoisotopic (exact) mass is 274 g/mol. The molecule has 0 aromatic heterocycles. The van der Waals surface area contributed by atoms with Crippen molar-refractivity contribution in [3.63, 3.8) is 0 Å². The van der Waals surface area contributed by atoms with Gasteiger partial charge >= 0.3 is 0 Å². The molecule has 0 radical (unpaired) electrons. The molecule has 0 fully saturated rings. The molecule has 2 aromatic carbocycles. The van der Waals surface area contributed by atoms with Crippen molar-refractivity contribution in [1.29, 1.82) is 5.26 Å². The zero-order chi connectivity index (χ0) is 14.9. The van der Waals surface area contributed by atoms with Crippen LogP contribution in [0.25, 0.3) is 6.08 Å². The number of hydrogen-bond donors (Lipinski definition) is 0. The van der Waals surface area contributed by atoms with Gasteiger partial charge in [-0.25, -0.2) is 0 Å². The molecule has 0 aliphatic carbocycles. The van der Waals surface area contributed by atoms with E-state index in [0.717, 1.165) is 11.1 Å². The van der Waals surface area contributed by atoms with Crippen LogP contribution < -0.4 is 0 Å². The maximum atomic E-state index is 12.7. The highest BCUT2D eigenvalue weighted by atomic mass is 16.2. The van der Waals surface area contributed by atoms with E-state index in [9.17, 15) is 10.1 Å². The molecule has 0 saturated carbocycles. The summed E-state index contributed by atoms with van der Waals surface area (Å²) >= 11 is 0. The molecular formula is C18H14N2O. The van der Waals surface area contributed by atoms with Gasteiger partial charge in [0.1, 0.15) is 0 Å². The van der Waals surface area contributed by atoms with Crippen LogP contribution in [0.1, 0.15) is 28.4 Å². The molecule has 21 heavy (non-hydrogen) atoms. The van der Waals surface area contributed by atoms with Crippen LogP contribution in [0.4, 0.5) is 0 Å². The summed E-state index contributed by atoms with van der Waals surface area (Å²) < 4.78 is 0. The fourth-order valence-corrected chi connectivity index (χ4v) is 2.62. The normalized spacial score (nSPS) is 19.7. The highest BCUT2D eigenvalue weighted by molar-refractivity contribution is 5.96. The molecule has 2 aromatic rings. The van der Waals surface area contributed by atoms with Crippen LogP contribution in [0.5, 0.6) is 0 Å². The summed E-state index contributed by atoms with van der Waals surface area (Å²) in [6.45, 7) is 1.77. The van der Waals surface area contributed by atoms with Crippen LogP contribution in [0.2, 0.25) is 0 Å². The maximum absolute atomic E-state index is 12.7. The predicted octanol–water partition coefficient (Wildman–Crippen LogP) is 3.55. The van der Waals surface area contributed by atoms with Crippen LogP contribution in [-0.2, 0) is 5.54 Å². The molecule has 1 amide bonds. The second kappa shape index (κ2) is 4.92.